The average Bonchev–Trinajstić information content (AvgIpc) is 2.93. The fourth-order valence-electron chi connectivity index (χ4n) is 5.23. The molecule has 0 saturated carbocycles. The fraction of sp³-hybridized carbons (Fsp3) is 0.727. The van der Waals surface area contributed by atoms with E-state index in [1.54, 1.807) is 27.4 Å². The molecule has 1 heterocycles. The molecular weight excluding hydrogens is 536 g/mol. The van der Waals surface area contributed by atoms with E-state index in [0.29, 0.717) is 19.6 Å². The number of rotatable bonds is 15. The van der Waals surface area contributed by atoms with Crippen LogP contribution in [0.4, 0.5) is 0 Å². The summed E-state index contributed by atoms with van der Waals surface area (Å²) in [5, 5.41) is 0.148. The molecule has 1 aromatic rings. The van der Waals surface area contributed by atoms with Crippen LogP contribution in [0.5, 0.6) is 5.75 Å². The first-order valence-corrected chi connectivity index (χ1v) is 17.9. The summed E-state index contributed by atoms with van der Waals surface area (Å²) >= 11 is 0. The van der Waals surface area contributed by atoms with Gasteiger partial charge in [0, 0.05) is 50.1 Å². The maximum Gasteiger partial charge on any atom is 0.191 e. The molecule has 0 N–H and O–H groups in total. The van der Waals surface area contributed by atoms with Crippen LogP contribution >= 0.6 is 0 Å². The number of hydrogen-bond acceptors (Lipinski definition) is 7. The van der Waals surface area contributed by atoms with Gasteiger partial charge in [0.15, 0.2) is 20.4 Å². The molecule has 8 atom stereocenters. The predicted octanol–water partition coefficient (Wildman–Crippen LogP) is 7.22. The maximum absolute atomic E-state index is 13.2. The van der Waals surface area contributed by atoms with E-state index in [0.717, 1.165) is 11.3 Å². The van der Waals surface area contributed by atoms with Crippen molar-refractivity contribution < 1.29 is 32.9 Å². The molecule has 2 rings (SSSR count). The van der Waals surface area contributed by atoms with Gasteiger partial charge >= 0.3 is 0 Å². The van der Waals surface area contributed by atoms with Crippen molar-refractivity contribution in [1.82, 2.24) is 0 Å². The molecule has 0 unspecified atom stereocenters. The Balaban J connectivity index is 2.01. The first kappa shape index (κ1) is 35.6. The molecule has 1 aromatic carbocycles. The molecule has 0 spiro atoms. The van der Waals surface area contributed by atoms with E-state index in [1.807, 2.05) is 37.3 Å². The van der Waals surface area contributed by atoms with E-state index in [4.69, 9.17) is 28.1 Å². The molecule has 41 heavy (non-hydrogen) atoms. The average molecular weight is 593 g/mol. The lowest BCUT2D eigenvalue weighted by Gasteiger charge is -2.41. The smallest absolute Gasteiger partial charge is 0.191 e. The van der Waals surface area contributed by atoms with Gasteiger partial charge in [0.1, 0.15) is 5.75 Å². The van der Waals surface area contributed by atoms with Crippen LogP contribution < -0.4 is 4.74 Å². The van der Waals surface area contributed by atoms with Crippen molar-refractivity contribution in [1.29, 1.82) is 0 Å². The van der Waals surface area contributed by atoms with E-state index in [2.05, 4.69) is 54.6 Å². The summed E-state index contributed by atoms with van der Waals surface area (Å²) in [6.07, 6.45) is 3.51. The number of carbonyl (C=O) groups excluding carboxylic acids is 1. The monoisotopic (exact) mass is 592 g/mol. The minimum absolute atomic E-state index is 0.00662. The van der Waals surface area contributed by atoms with Crippen molar-refractivity contribution in [3.8, 4) is 5.75 Å². The quantitative estimate of drug-likeness (QED) is 0.157. The SMILES string of the molecule is COc1ccc([C@H]2OC[C@H](C)[C@@H]([C@@H](C)[C@@H](OC)[C@@H](C)/C=C/C(=O)[C@H](C)[C@@H](CCO[Si](C)(C)C(C)(C)C)OC)O2)cc1. The van der Waals surface area contributed by atoms with Crippen molar-refractivity contribution >= 4 is 14.1 Å². The first-order chi connectivity index (χ1) is 19.2. The zero-order valence-electron chi connectivity index (χ0n) is 27.6. The number of benzene rings is 1. The minimum Gasteiger partial charge on any atom is -0.497 e. The third-order valence-corrected chi connectivity index (χ3v) is 13.6. The molecule has 0 bridgehead atoms. The summed E-state index contributed by atoms with van der Waals surface area (Å²) in [6, 6.07) is 7.77. The normalized spacial score (nSPS) is 24.0. The van der Waals surface area contributed by atoms with Gasteiger partial charge in [-0.1, -0.05) is 66.7 Å². The molecule has 7 nitrogen and oxygen atoms in total. The van der Waals surface area contributed by atoms with Crippen LogP contribution in [-0.4, -0.2) is 67.0 Å². The Labute approximate surface area is 250 Å². The number of allylic oxidation sites excluding steroid dienone is 1. The standard InChI is InChI=1S/C33H56O7Si/c1-22(13-18-28(34)24(3)29(36-9)19-20-39-41(11,12)33(5,6)7)30(37-10)25(4)31-23(2)21-38-32(40-31)26-14-16-27(35-8)17-15-26/h13-18,22-25,29-32H,19-21H2,1-12H3/b18-13+/t22-,23-,24-,25-,29+,30-,31-,32-/m0/s1. The van der Waals surface area contributed by atoms with E-state index >= 15 is 0 Å². The molecule has 234 valence electrons. The van der Waals surface area contributed by atoms with Gasteiger partial charge < -0.3 is 28.1 Å². The highest BCUT2D eigenvalue weighted by atomic mass is 28.4. The van der Waals surface area contributed by atoms with E-state index in [9.17, 15) is 4.79 Å². The van der Waals surface area contributed by atoms with Crippen LogP contribution in [0.2, 0.25) is 18.1 Å². The summed E-state index contributed by atoms with van der Waals surface area (Å²) in [4.78, 5) is 13.2. The van der Waals surface area contributed by atoms with Crippen molar-refractivity contribution in [3.05, 3.63) is 42.0 Å². The minimum atomic E-state index is -1.84. The fourth-order valence-corrected chi connectivity index (χ4v) is 6.29. The lowest BCUT2D eigenvalue weighted by Crippen LogP contribution is -2.45. The van der Waals surface area contributed by atoms with Crippen molar-refractivity contribution in [2.75, 3.05) is 34.5 Å². The van der Waals surface area contributed by atoms with Crippen LogP contribution in [-0.2, 0) is 28.2 Å². The third kappa shape index (κ3) is 9.73. The highest BCUT2D eigenvalue weighted by Crippen LogP contribution is 2.37. The van der Waals surface area contributed by atoms with Crippen molar-refractivity contribution in [3.63, 3.8) is 0 Å². The van der Waals surface area contributed by atoms with Crippen molar-refractivity contribution in [2.24, 2.45) is 23.7 Å². The zero-order valence-corrected chi connectivity index (χ0v) is 28.6. The van der Waals surface area contributed by atoms with Gasteiger partial charge in [-0.25, -0.2) is 0 Å². The molecule has 0 amide bonds. The summed E-state index contributed by atoms with van der Waals surface area (Å²) in [5.74, 6) is 0.856. The van der Waals surface area contributed by atoms with Crippen LogP contribution in [0.25, 0.3) is 0 Å². The van der Waals surface area contributed by atoms with Crippen LogP contribution in [0.3, 0.4) is 0 Å². The second-order valence-electron chi connectivity index (χ2n) is 13.2. The van der Waals surface area contributed by atoms with Gasteiger partial charge in [0.25, 0.3) is 0 Å². The number of hydrogen-bond donors (Lipinski definition) is 0. The molecule has 1 fully saturated rings. The van der Waals surface area contributed by atoms with Gasteiger partial charge in [0.2, 0.25) is 0 Å². The van der Waals surface area contributed by atoms with Gasteiger partial charge in [-0.3, -0.25) is 4.79 Å². The Morgan fingerprint density at radius 3 is 2.24 bits per heavy atom. The number of carbonyl (C=O) groups is 1. The number of ether oxygens (including phenoxy) is 5. The first-order valence-electron chi connectivity index (χ1n) is 15.0. The lowest BCUT2D eigenvalue weighted by molar-refractivity contribution is -0.257. The summed E-state index contributed by atoms with van der Waals surface area (Å²) < 4.78 is 35.8. The van der Waals surface area contributed by atoms with Gasteiger partial charge in [-0.15, -0.1) is 0 Å². The van der Waals surface area contributed by atoms with E-state index < -0.39 is 14.6 Å². The van der Waals surface area contributed by atoms with Gasteiger partial charge in [-0.2, -0.15) is 0 Å². The lowest BCUT2D eigenvalue weighted by atomic mass is 9.83. The molecule has 1 saturated heterocycles. The molecule has 1 aliphatic heterocycles. The number of methoxy groups -OCH3 is 3. The molecule has 0 radical (unpaired) electrons. The Bertz CT molecular complexity index is 955. The Kier molecular flexibility index (Phi) is 13.7. The molecule has 8 heteroatoms. The maximum atomic E-state index is 13.2. The van der Waals surface area contributed by atoms with E-state index in [1.165, 1.54) is 0 Å². The number of ketones is 1. The molecule has 0 aliphatic carbocycles. The molecule has 0 aromatic heterocycles. The largest absolute Gasteiger partial charge is 0.497 e. The van der Waals surface area contributed by atoms with Gasteiger partial charge in [0.05, 0.1) is 32.0 Å². The highest BCUT2D eigenvalue weighted by molar-refractivity contribution is 6.74. The van der Waals surface area contributed by atoms with E-state index in [-0.39, 0.29) is 52.8 Å². The summed E-state index contributed by atoms with van der Waals surface area (Å²) in [6.45, 7) is 20.7. The Hall–Kier alpha value is -1.55. The summed E-state index contributed by atoms with van der Waals surface area (Å²) in [5.41, 5.74) is 0.957. The van der Waals surface area contributed by atoms with Gasteiger partial charge in [-0.05, 0) is 42.8 Å². The third-order valence-electron chi connectivity index (χ3n) is 9.11. The molecular formula is C33H56O7Si. The van der Waals surface area contributed by atoms with Crippen molar-refractivity contribution in [2.45, 2.75) is 97.6 Å². The van der Waals surface area contributed by atoms with Crippen LogP contribution in [0.1, 0.15) is 66.7 Å². The predicted molar refractivity (Wildman–Crippen MR) is 167 cm³/mol. The Morgan fingerprint density at radius 2 is 1.71 bits per heavy atom. The second-order valence-corrected chi connectivity index (χ2v) is 18.0. The van der Waals surface area contributed by atoms with Crippen LogP contribution in [0.15, 0.2) is 36.4 Å². The summed E-state index contributed by atoms with van der Waals surface area (Å²) in [7, 11) is 3.21. The second kappa shape index (κ2) is 15.8. The molecule has 1 aliphatic rings. The highest BCUT2D eigenvalue weighted by Gasteiger charge is 2.39. The Morgan fingerprint density at radius 1 is 1.07 bits per heavy atom. The van der Waals surface area contributed by atoms with Crippen LogP contribution in [0, 0.1) is 23.7 Å². The zero-order chi connectivity index (χ0) is 31.0. The topological polar surface area (TPSA) is 72.5 Å².